The number of carbonyl (C=O) groups excluding carboxylic acids is 1. The van der Waals surface area contributed by atoms with Gasteiger partial charge in [-0.1, -0.05) is 30.3 Å². The summed E-state index contributed by atoms with van der Waals surface area (Å²) in [5.41, 5.74) is 5.09. The minimum atomic E-state index is -0.198. The number of rotatable bonds is 6. The maximum absolute atomic E-state index is 13.3. The fraction of sp³-hybridized carbons (Fsp3) is 0.320. The number of carbonyl (C=O) groups is 1. The Bertz CT molecular complexity index is 1370. The molecule has 0 aliphatic carbocycles. The lowest BCUT2D eigenvalue weighted by molar-refractivity contribution is 0.0955. The van der Waals surface area contributed by atoms with Crippen LogP contribution in [0.1, 0.15) is 37.6 Å². The number of aromatic nitrogens is 3. The highest BCUT2D eigenvalue weighted by Gasteiger charge is 2.26. The fourth-order valence-corrected chi connectivity index (χ4v) is 5.53. The Balaban J connectivity index is 1.38. The second kappa shape index (κ2) is 8.96. The first kappa shape index (κ1) is 21.6. The van der Waals surface area contributed by atoms with Crippen molar-refractivity contribution in [2.24, 2.45) is 7.05 Å². The van der Waals surface area contributed by atoms with Crippen LogP contribution in [0.4, 0.5) is 0 Å². The second-order valence-electron chi connectivity index (χ2n) is 8.56. The maximum Gasteiger partial charge on any atom is 0.279 e. The van der Waals surface area contributed by atoms with Gasteiger partial charge in [-0.2, -0.15) is 9.61 Å². The number of nitrogens with one attached hydrogen (secondary N) is 1. The number of hydrogen-bond acceptors (Lipinski definition) is 5. The standard InChI is InChI=1S/C25H27N5O2S/c1-17-10-13-33-22(17)8-11-26-23(31)19-14-27-30-24(19)28(2)21-9-12-29(16-20(21)25(30)32)15-18-6-4-3-5-7-18/h3-7,10,13-14H,8-9,11-12,15-16H2,1-2H3,(H,26,31). The molecule has 1 aliphatic rings. The summed E-state index contributed by atoms with van der Waals surface area (Å²) in [4.78, 5) is 29.8. The number of aryl methyl sites for hydroxylation is 2. The molecule has 0 bridgehead atoms. The zero-order chi connectivity index (χ0) is 22.9. The van der Waals surface area contributed by atoms with Crippen molar-refractivity contribution in [1.29, 1.82) is 0 Å². The third kappa shape index (κ3) is 4.12. The van der Waals surface area contributed by atoms with E-state index in [1.807, 2.05) is 29.8 Å². The van der Waals surface area contributed by atoms with E-state index in [9.17, 15) is 9.59 Å². The topological polar surface area (TPSA) is 71.6 Å². The van der Waals surface area contributed by atoms with Crippen LogP contribution in [0.25, 0.3) is 5.65 Å². The molecular formula is C25H27N5O2S. The van der Waals surface area contributed by atoms with Crippen molar-refractivity contribution >= 4 is 22.9 Å². The molecule has 4 heterocycles. The summed E-state index contributed by atoms with van der Waals surface area (Å²) >= 11 is 1.70. The highest BCUT2D eigenvalue weighted by molar-refractivity contribution is 7.10. The lowest BCUT2D eigenvalue weighted by Gasteiger charge is -2.29. The second-order valence-corrected chi connectivity index (χ2v) is 9.56. The van der Waals surface area contributed by atoms with Gasteiger partial charge in [-0.25, -0.2) is 0 Å². The van der Waals surface area contributed by atoms with Gasteiger partial charge >= 0.3 is 0 Å². The number of thiophene rings is 1. The van der Waals surface area contributed by atoms with Gasteiger partial charge in [0.1, 0.15) is 5.56 Å². The van der Waals surface area contributed by atoms with Gasteiger partial charge in [-0.15, -0.1) is 11.3 Å². The van der Waals surface area contributed by atoms with Gasteiger partial charge in [-0.05, 0) is 35.9 Å². The van der Waals surface area contributed by atoms with Gasteiger partial charge < -0.3 is 9.88 Å². The van der Waals surface area contributed by atoms with Gasteiger partial charge in [-0.3, -0.25) is 14.5 Å². The highest BCUT2D eigenvalue weighted by Crippen LogP contribution is 2.21. The first-order valence-corrected chi connectivity index (χ1v) is 12.1. The summed E-state index contributed by atoms with van der Waals surface area (Å²) in [6.07, 6.45) is 3.06. The molecule has 1 N–H and O–H groups in total. The van der Waals surface area contributed by atoms with Gasteiger partial charge in [0.2, 0.25) is 0 Å². The van der Waals surface area contributed by atoms with Crippen LogP contribution in [0.2, 0.25) is 0 Å². The smallest absolute Gasteiger partial charge is 0.279 e. The Morgan fingerprint density at radius 2 is 2.03 bits per heavy atom. The van der Waals surface area contributed by atoms with Crippen LogP contribution in [-0.4, -0.2) is 38.1 Å². The molecular weight excluding hydrogens is 434 g/mol. The predicted octanol–water partition coefficient (Wildman–Crippen LogP) is 2.93. The Kier molecular flexibility index (Phi) is 5.86. The van der Waals surface area contributed by atoms with Crippen molar-refractivity contribution in [3.63, 3.8) is 0 Å². The van der Waals surface area contributed by atoms with Crippen LogP contribution in [0.3, 0.4) is 0 Å². The molecule has 4 aromatic rings. The molecule has 0 saturated carbocycles. The molecule has 33 heavy (non-hydrogen) atoms. The van der Waals surface area contributed by atoms with E-state index >= 15 is 0 Å². The molecule has 5 rings (SSSR count). The van der Waals surface area contributed by atoms with Crippen LogP contribution in [0.15, 0.2) is 52.8 Å². The molecule has 0 unspecified atom stereocenters. The van der Waals surface area contributed by atoms with E-state index in [-0.39, 0.29) is 11.5 Å². The molecule has 0 radical (unpaired) electrons. The molecule has 0 saturated heterocycles. The van der Waals surface area contributed by atoms with E-state index in [1.54, 1.807) is 11.3 Å². The van der Waals surface area contributed by atoms with Gasteiger partial charge in [0.25, 0.3) is 11.5 Å². The van der Waals surface area contributed by atoms with Crippen molar-refractivity contribution < 1.29 is 4.79 Å². The molecule has 0 atom stereocenters. The molecule has 1 aliphatic heterocycles. The van der Waals surface area contributed by atoms with E-state index in [1.165, 1.54) is 26.7 Å². The summed E-state index contributed by atoms with van der Waals surface area (Å²) in [6, 6.07) is 12.4. The quantitative estimate of drug-likeness (QED) is 0.479. The Morgan fingerprint density at radius 1 is 1.21 bits per heavy atom. The normalized spacial score (nSPS) is 13.9. The van der Waals surface area contributed by atoms with Crippen molar-refractivity contribution in [3.05, 3.63) is 91.2 Å². The summed E-state index contributed by atoms with van der Waals surface area (Å²) in [5, 5.41) is 9.36. The van der Waals surface area contributed by atoms with Gasteiger partial charge in [0.05, 0.1) is 11.8 Å². The van der Waals surface area contributed by atoms with Gasteiger partial charge in [0.15, 0.2) is 5.65 Å². The van der Waals surface area contributed by atoms with Crippen LogP contribution in [-0.2, 0) is 33.0 Å². The van der Waals surface area contributed by atoms with Crippen LogP contribution >= 0.6 is 11.3 Å². The minimum absolute atomic E-state index is 0.135. The average molecular weight is 462 g/mol. The minimum Gasteiger partial charge on any atom is -0.352 e. The zero-order valence-corrected chi connectivity index (χ0v) is 19.7. The number of fused-ring (bicyclic) bond motifs is 2. The monoisotopic (exact) mass is 461 g/mol. The number of nitrogens with zero attached hydrogens (tertiary/aromatic N) is 4. The largest absolute Gasteiger partial charge is 0.352 e. The van der Waals surface area contributed by atoms with Gasteiger partial charge in [0, 0.05) is 50.2 Å². The summed E-state index contributed by atoms with van der Waals surface area (Å²) in [7, 11) is 1.92. The van der Waals surface area contributed by atoms with Crippen LogP contribution in [0, 0.1) is 6.92 Å². The summed E-state index contributed by atoms with van der Waals surface area (Å²) in [6.45, 7) is 4.87. The lowest BCUT2D eigenvalue weighted by atomic mass is 10.1. The fourth-order valence-electron chi connectivity index (χ4n) is 4.62. The summed E-state index contributed by atoms with van der Waals surface area (Å²) < 4.78 is 3.35. The predicted molar refractivity (Wildman–Crippen MR) is 130 cm³/mol. The zero-order valence-electron chi connectivity index (χ0n) is 18.9. The maximum atomic E-state index is 13.3. The van der Waals surface area contributed by atoms with E-state index in [4.69, 9.17) is 0 Å². The van der Waals surface area contributed by atoms with E-state index in [2.05, 4.69) is 45.8 Å². The molecule has 7 nitrogen and oxygen atoms in total. The van der Waals surface area contributed by atoms with Crippen molar-refractivity contribution in [2.45, 2.75) is 32.9 Å². The number of amides is 1. The van der Waals surface area contributed by atoms with E-state index in [0.29, 0.717) is 24.3 Å². The third-order valence-corrected chi connectivity index (χ3v) is 7.49. The Labute approximate surface area is 196 Å². The first-order chi connectivity index (χ1) is 16.0. The van der Waals surface area contributed by atoms with E-state index in [0.717, 1.165) is 37.2 Å². The van der Waals surface area contributed by atoms with Crippen molar-refractivity contribution in [3.8, 4) is 0 Å². The molecule has 8 heteroatoms. The molecule has 0 spiro atoms. The Hall–Kier alpha value is -3.23. The molecule has 170 valence electrons. The lowest BCUT2D eigenvalue weighted by Crippen LogP contribution is -2.38. The number of hydrogen-bond donors (Lipinski definition) is 1. The van der Waals surface area contributed by atoms with Crippen molar-refractivity contribution in [2.75, 3.05) is 13.1 Å². The SMILES string of the molecule is Cc1ccsc1CCNC(=O)c1cnn2c(=O)c3c(n(C)c12)CCN(Cc1ccccc1)C3. The molecule has 3 aromatic heterocycles. The number of benzene rings is 1. The summed E-state index contributed by atoms with van der Waals surface area (Å²) in [5.74, 6) is -0.198. The Morgan fingerprint density at radius 3 is 2.79 bits per heavy atom. The molecule has 1 aromatic carbocycles. The van der Waals surface area contributed by atoms with E-state index < -0.39 is 0 Å². The molecule has 0 fully saturated rings. The highest BCUT2D eigenvalue weighted by atomic mass is 32.1. The van der Waals surface area contributed by atoms with Crippen molar-refractivity contribution in [1.82, 2.24) is 24.4 Å². The third-order valence-electron chi connectivity index (χ3n) is 6.41. The first-order valence-electron chi connectivity index (χ1n) is 11.2. The van der Waals surface area contributed by atoms with Crippen LogP contribution < -0.4 is 10.9 Å². The van der Waals surface area contributed by atoms with Crippen LogP contribution in [0.5, 0.6) is 0 Å². The molecule has 1 amide bonds. The average Bonchev–Trinajstić information content (AvgIpc) is 3.45.